The molecule has 1 atom stereocenters. The van der Waals surface area contributed by atoms with Crippen molar-refractivity contribution >= 4 is 16.0 Å². The zero-order valence-corrected chi connectivity index (χ0v) is 13.7. The summed E-state index contributed by atoms with van der Waals surface area (Å²) in [5.74, 6) is -1.27. The SMILES string of the molecule is Cc1ccc(S(=O)(=O)N[C@@H](Cc2ccc(C#N)cc2)C(=O)O)cc1. The zero-order chi connectivity index (χ0) is 17.7. The van der Waals surface area contributed by atoms with Gasteiger partial charge in [0, 0.05) is 0 Å². The molecule has 0 aliphatic carbocycles. The lowest BCUT2D eigenvalue weighted by Crippen LogP contribution is -2.42. The van der Waals surface area contributed by atoms with Crippen molar-refractivity contribution < 1.29 is 18.3 Å². The summed E-state index contributed by atoms with van der Waals surface area (Å²) in [5, 5.41) is 18.1. The number of carboxylic acid groups (broad SMARTS) is 1. The summed E-state index contributed by atoms with van der Waals surface area (Å²) < 4.78 is 26.9. The lowest BCUT2D eigenvalue weighted by molar-refractivity contribution is -0.138. The van der Waals surface area contributed by atoms with E-state index in [0.29, 0.717) is 11.1 Å². The molecule has 0 aliphatic heterocycles. The fraction of sp³-hybridized carbons (Fsp3) is 0.176. The predicted octanol–water partition coefficient (Wildman–Crippen LogP) is 1.84. The highest BCUT2D eigenvalue weighted by molar-refractivity contribution is 7.89. The Balaban J connectivity index is 2.20. The first-order valence-corrected chi connectivity index (χ1v) is 8.61. The molecule has 0 bridgehead atoms. The van der Waals surface area contributed by atoms with Gasteiger partial charge in [0.1, 0.15) is 6.04 Å². The van der Waals surface area contributed by atoms with Gasteiger partial charge < -0.3 is 5.11 Å². The average Bonchev–Trinajstić information content (AvgIpc) is 2.55. The Morgan fingerprint density at radius 3 is 2.25 bits per heavy atom. The van der Waals surface area contributed by atoms with Crippen LogP contribution in [0.25, 0.3) is 0 Å². The molecule has 0 aliphatic rings. The largest absolute Gasteiger partial charge is 0.480 e. The topological polar surface area (TPSA) is 107 Å². The highest BCUT2D eigenvalue weighted by atomic mass is 32.2. The molecule has 0 aromatic heterocycles. The minimum Gasteiger partial charge on any atom is -0.480 e. The van der Waals surface area contributed by atoms with Crippen LogP contribution in [0.3, 0.4) is 0 Å². The lowest BCUT2D eigenvalue weighted by Gasteiger charge is -2.15. The van der Waals surface area contributed by atoms with Gasteiger partial charge in [-0.25, -0.2) is 8.42 Å². The van der Waals surface area contributed by atoms with Crippen LogP contribution in [-0.4, -0.2) is 25.5 Å². The number of rotatable bonds is 6. The van der Waals surface area contributed by atoms with Gasteiger partial charge in [0.2, 0.25) is 10.0 Å². The van der Waals surface area contributed by atoms with Crippen LogP contribution >= 0.6 is 0 Å². The van der Waals surface area contributed by atoms with Gasteiger partial charge in [-0.2, -0.15) is 9.98 Å². The molecular formula is C17H16N2O4S. The molecule has 0 radical (unpaired) electrons. The molecule has 24 heavy (non-hydrogen) atoms. The maximum atomic E-state index is 12.3. The van der Waals surface area contributed by atoms with E-state index in [4.69, 9.17) is 5.26 Å². The van der Waals surface area contributed by atoms with Crippen molar-refractivity contribution in [1.29, 1.82) is 5.26 Å². The van der Waals surface area contributed by atoms with E-state index in [1.54, 1.807) is 36.4 Å². The van der Waals surface area contributed by atoms with Gasteiger partial charge in [0.25, 0.3) is 0 Å². The van der Waals surface area contributed by atoms with E-state index in [1.165, 1.54) is 12.1 Å². The monoisotopic (exact) mass is 344 g/mol. The number of sulfonamides is 1. The molecule has 2 aromatic rings. The summed E-state index contributed by atoms with van der Waals surface area (Å²) in [6.07, 6.45) is -0.0217. The van der Waals surface area contributed by atoms with E-state index in [0.717, 1.165) is 5.56 Å². The van der Waals surface area contributed by atoms with Gasteiger partial charge in [-0.1, -0.05) is 29.8 Å². The Morgan fingerprint density at radius 1 is 1.17 bits per heavy atom. The van der Waals surface area contributed by atoms with Gasteiger partial charge in [0.15, 0.2) is 0 Å². The average molecular weight is 344 g/mol. The molecule has 0 spiro atoms. The first-order chi connectivity index (χ1) is 11.3. The van der Waals surface area contributed by atoms with Gasteiger partial charge in [-0.15, -0.1) is 0 Å². The Morgan fingerprint density at radius 2 is 1.75 bits per heavy atom. The number of nitriles is 1. The van der Waals surface area contributed by atoms with Crippen molar-refractivity contribution in [3.63, 3.8) is 0 Å². The summed E-state index contributed by atoms with van der Waals surface area (Å²) in [4.78, 5) is 11.4. The molecule has 2 N–H and O–H groups in total. The van der Waals surface area contributed by atoms with Crippen molar-refractivity contribution in [2.75, 3.05) is 0 Å². The van der Waals surface area contributed by atoms with E-state index in [-0.39, 0.29) is 11.3 Å². The molecule has 0 saturated heterocycles. The fourth-order valence-corrected chi connectivity index (χ4v) is 3.29. The van der Waals surface area contributed by atoms with Gasteiger partial charge in [-0.05, 0) is 43.2 Å². The van der Waals surface area contributed by atoms with Gasteiger partial charge >= 0.3 is 5.97 Å². The third kappa shape index (κ3) is 4.41. The first-order valence-electron chi connectivity index (χ1n) is 7.12. The Labute approximate surface area is 140 Å². The number of carbonyl (C=O) groups is 1. The molecule has 2 rings (SSSR count). The predicted molar refractivity (Wildman–Crippen MR) is 87.8 cm³/mol. The van der Waals surface area contributed by atoms with Crippen molar-refractivity contribution in [1.82, 2.24) is 4.72 Å². The highest BCUT2D eigenvalue weighted by Gasteiger charge is 2.25. The zero-order valence-electron chi connectivity index (χ0n) is 12.9. The minimum atomic E-state index is -3.94. The van der Waals surface area contributed by atoms with Gasteiger partial charge in [0.05, 0.1) is 16.5 Å². The Hall–Kier alpha value is -2.69. The molecule has 124 valence electrons. The maximum Gasteiger partial charge on any atom is 0.322 e. The van der Waals surface area contributed by atoms with Crippen molar-refractivity contribution in [2.24, 2.45) is 0 Å². The molecule has 0 unspecified atom stereocenters. The molecule has 0 saturated carbocycles. The number of aliphatic carboxylic acids is 1. The third-order valence-corrected chi connectivity index (χ3v) is 4.94. The van der Waals surface area contributed by atoms with Crippen LogP contribution in [0, 0.1) is 18.3 Å². The molecule has 0 amide bonds. The van der Waals surface area contributed by atoms with Crippen LogP contribution in [0.5, 0.6) is 0 Å². The van der Waals surface area contributed by atoms with Crippen LogP contribution in [-0.2, 0) is 21.2 Å². The van der Waals surface area contributed by atoms with Crippen LogP contribution in [0.15, 0.2) is 53.4 Å². The Kier molecular flexibility index (Phi) is 5.34. The van der Waals surface area contributed by atoms with Crippen LogP contribution in [0.2, 0.25) is 0 Å². The normalized spacial score (nSPS) is 12.3. The number of aryl methyl sites for hydroxylation is 1. The minimum absolute atomic E-state index is 0.0131. The summed E-state index contributed by atoms with van der Waals surface area (Å²) in [7, 11) is -3.94. The maximum absolute atomic E-state index is 12.3. The second kappa shape index (κ2) is 7.25. The summed E-state index contributed by atoms with van der Waals surface area (Å²) in [5.41, 5.74) is 1.97. The third-order valence-electron chi connectivity index (χ3n) is 3.45. The Bertz CT molecular complexity index is 866. The standard InChI is InChI=1S/C17H16N2O4S/c1-12-2-8-15(9-3-12)24(22,23)19-16(17(20)21)10-13-4-6-14(11-18)7-5-13/h2-9,16,19H,10H2,1H3,(H,20,21)/t16-/m0/s1. The molecule has 2 aromatic carbocycles. The fourth-order valence-electron chi connectivity index (χ4n) is 2.10. The van der Waals surface area contributed by atoms with Gasteiger partial charge in [-0.3, -0.25) is 4.79 Å². The first kappa shape index (κ1) is 17.7. The molecule has 6 nitrogen and oxygen atoms in total. The number of hydrogen-bond donors (Lipinski definition) is 2. The van der Waals surface area contributed by atoms with Crippen LogP contribution < -0.4 is 4.72 Å². The summed E-state index contributed by atoms with van der Waals surface area (Å²) in [6.45, 7) is 1.83. The van der Waals surface area contributed by atoms with Crippen LogP contribution in [0.1, 0.15) is 16.7 Å². The van der Waals surface area contributed by atoms with E-state index in [9.17, 15) is 18.3 Å². The second-order valence-electron chi connectivity index (χ2n) is 5.34. The quantitative estimate of drug-likeness (QED) is 0.831. The molecule has 0 heterocycles. The molecule has 0 fully saturated rings. The number of nitrogens with one attached hydrogen (secondary N) is 1. The molecular weight excluding hydrogens is 328 g/mol. The highest BCUT2D eigenvalue weighted by Crippen LogP contribution is 2.13. The van der Waals surface area contributed by atoms with E-state index < -0.39 is 22.0 Å². The summed E-state index contributed by atoms with van der Waals surface area (Å²) in [6, 6.07) is 13.1. The summed E-state index contributed by atoms with van der Waals surface area (Å²) >= 11 is 0. The van der Waals surface area contributed by atoms with Crippen LogP contribution in [0.4, 0.5) is 0 Å². The van der Waals surface area contributed by atoms with Crippen molar-refractivity contribution in [2.45, 2.75) is 24.3 Å². The van der Waals surface area contributed by atoms with E-state index in [1.807, 2.05) is 13.0 Å². The molecule has 7 heteroatoms. The van der Waals surface area contributed by atoms with E-state index >= 15 is 0 Å². The number of carboxylic acids is 1. The second-order valence-corrected chi connectivity index (χ2v) is 7.05. The number of benzene rings is 2. The number of hydrogen-bond acceptors (Lipinski definition) is 4. The van der Waals surface area contributed by atoms with Crippen molar-refractivity contribution in [3.05, 3.63) is 65.2 Å². The lowest BCUT2D eigenvalue weighted by atomic mass is 10.1. The van der Waals surface area contributed by atoms with Crippen molar-refractivity contribution in [3.8, 4) is 6.07 Å². The van der Waals surface area contributed by atoms with E-state index in [2.05, 4.69) is 4.72 Å². The smallest absolute Gasteiger partial charge is 0.322 e. The number of nitrogens with zero attached hydrogens (tertiary/aromatic N) is 1.